The second-order valence-electron chi connectivity index (χ2n) is 7.64. The number of rotatable bonds is 3. The Hall–Kier alpha value is -3.20. The number of piperidine rings is 1. The van der Waals surface area contributed by atoms with Crippen LogP contribution in [0.5, 0.6) is 11.5 Å². The first kappa shape index (κ1) is 19.7. The lowest BCUT2D eigenvalue weighted by Gasteiger charge is -2.34. The molecular formula is C22H21N3O5S. The number of nitrogens with zero attached hydrogens (tertiary/aromatic N) is 1. The number of ether oxygens (including phenoxy) is 2. The highest BCUT2D eigenvalue weighted by atomic mass is 32.2. The standard InChI is InChI=1S/C22H21N3O5S/c26-20(23-14-5-6-16-17(11-14)30-12-29-16)13-7-9-25(10-8-13)22(28)19-21(27)24-15-3-1-2-4-18(15)31-19/h1-6,11,13,19H,7-10,12H2,(H,23,26)(H,24,27). The molecule has 2 N–H and O–H groups in total. The molecule has 160 valence electrons. The van der Waals surface area contributed by atoms with Gasteiger partial charge in [0.15, 0.2) is 16.7 Å². The minimum Gasteiger partial charge on any atom is -0.454 e. The van der Waals surface area contributed by atoms with E-state index in [-0.39, 0.29) is 30.4 Å². The molecule has 0 aromatic heterocycles. The predicted octanol–water partition coefficient (Wildman–Crippen LogP) is 2.71. The molecule has 0 radical (unpaired) electrons. The number of para-hydroxylation sites is 1. The summed E-state index contributed by atoms with van der Waals surface area (Å²) in [6, 6.07) is 12.7. The van der Waals surface area contributed by atoms with Gasteiger partial charge in [0.05, 0.1) is 5.69 Å². The average Bonchev–Trinajstić information content (AvgIpc) is 3.26. The Kier molecular flexibility index (Phi) is 5.19. The molecule has 3 amide bonds. The Balaban J connectivity index is 1.17. The van der Waals surface area contributed by atoms with Crippen LogP contribution in [-0.4, -0.2) is 47.8 Å². The summed E-state index contributed by atoms with van der Waals surface area (Å²) in [6.07, 6.45) is 1.11. The molecule has 1 fully saturated rings. The molecule has 0 bridgehead atoms. The fourth-order valence-electron chi connectivity index (χ4n) is 3.96. The van der Waals surface area contributed by atoms with Gasteiger partial charge in [0.2, 0.25) is 24.5 Å². The number of nitrogens with one attached hydrogen (secondary N) is 2. The first-order chi connectivity index (χ1) is 15.1. The van der Waals surface area contributed by atoms with Crippen LogP contribution in [0.1, 0.15) is 12.8 Å². The summed E-state index contributed by atoms with van der Waals surface area (Å²) in [7, 11) is 0. The third kappa shape index (κ3) is 3.93. The van der Waals surface area contributed by atoms with E-state index in [0.29, 0.717) is 43.1 Å². The summed E-state index contributed by atoms with van der Waals surface area (Å²) in [5, 5.41) is 4.93. The van der Waals surface area contributed by atoms with Crippen molar-refractivity contribution in [3.05, 3.63) is 42.5 Å². The minimum atomic E-state index is -0.797. The predicted molar refractivity (Wildman–Crippen MR) is 115 cm³/mol. The smallest absolute Gasteiger partial charge is 0.247 e. The van der Waals surface area contributed by atoms with Crippen molar-refractivity contribution in [2.45, 2.75) is 23.0 Å². The normalized spacial score (nSPS) is 20.1. The van der Waals surface area contributed by atoms with Crippen LogP contribution in [-0.2, 0) is 14.4 Å². The monoisotopic (exact) mass is 439 g/mol. The molecule has 3 aliphatic rings. The third-order valence-corrected chi connectivity index (χ3v) is 6.93. The van der Waals surface area contributed by atoms with Crippen LogP contribution in [0.15, 0.2) is 47.4 Å². The number of benzene rings is 2. The van der Waals surface area contributed by atoms with Gasteiger partial charge < -0.3 is 25.0 Å². The Morgan fingerprint density at radius 2 is 1.84 bits per heavy atom. The summed E-state index contributed by atoms with van der Waals surface area (Å²) in [5.74, 6) is 0.510. The number of likely N-dealkylation sites (tertiary alicyclic amines) is 1. The molecular weight excluding hydrogens is 418 g/mol. The summed E-state index contributed by atoms with van der Waals surface area (Å²) >= 11 is 1.28. The van der Waals surface area contributed by atoms with Crippen molar-refractivity contribution >= 4 is 40.9 Å². The Morgan fingerprint density at radius 1 is 1.06 bits per heavy atom. The lowest BCUT2D eigenvalue weighted by atomic mass is 9.95. The van der Waals surface area contributed by atoms with Gasteiger partial charge in [-0.1, -0.05) is 12.1 Å². The average molecular weight is 439 g/mol. The second kappa shape index (κ2) is 8.14. The molecule has 0 saturated carbocycles. The lowest BCUT2D eigenvalue weighted by Crippen LogP contribution is -2.48. The zero-order valence-electron chi connectivity index (χ0n) is 16.6. The van der Waals surface area contributed by atoms with Crippen LogP contribution >= 0.6 is 11.8 Å². The fourth-order valence-corrected chi connectivity index (χ4v) is 5.03. The van der Waals surface area contributed by atoms with Gasteiger partial charge in [-0.05, 0) is 37.1 Å². The first-order valence-electron chi connectivity index (χ1n) is 10.1. The van der Waals surface area contributed by atoms with Gasteiger partial charge in [-0.2, -0.15) is 0 Å². The zero-order valence-corrected chi connectivity index (χ0v) is 17.4. The van der Waals surface area contributed by atoms with Crippen molar-refractivity contribution in [2.75, 3.05) is 30.5 Å². The van der Waals surface area contributed by atoms with Crippen LogP contribution in [0, 0.1) is 5.92 Å². The van der Waals surface area contributed by atoms with Gasteiger partial charge in [0.1, 0.15) is 0 Å². The highest BCUT2D eigenvalue weighted by Crippen LogP contribution is 2.37. The van der Waals surface area contributed by atoms with Gasteiger partial charge in [-0.15, -0.1) is 11.8 Å². The number of amides is 3. The molecule has 3 heterocycles. The second-order valence-corrected chi connectivity index (χ2v) is 8.79. The number of hydrogen-bond acceptors (Lipinski definition) is 6. The number of carbonyl (C=O) groups excluding carboxylic acids is 3. The van der Waals surface area contributed by atoms with Crippen molar-refractivity contribution in [1.29, 1.82) is 0 Å². The molecule has 1 saturated heterocycles. The van der Waals surface area contributed by atoms with Gasteiger partial charge in [0.25, 0.3) is 0 Å². The highest BCUT2D eigenvalue weighted by Gasteiger charge is 2.37. The molecule has 0 spiro atoms. The van der Waals surface area contributed by atoms with Crippen LogP contribution in [0.2, 0.25) is 0 Å². The van der Waals surface area contributed by atoms with Crippen molar-refractivity contribution < 1.29 is 23.9 Å². The van der Waals surface area contributed by atoms with Gasteiger partial charge >= 0.3 is 0 Å². The van der Waals surface area contributed by atoms with E-state index < -0.39 is 5.25 Å². The van der Waals surface area contributed by atoms with Gasteiger partial charge in [-0.25, -0.2) is 0 Å². The third-order valence-electron chi connectivity index (χ3n) is 5.67. The van der Waals surface area contributed by atoms with Crippen LogP contribution in [0.25, 0.3) is 0 Å². The van der Waals surface area contributed by atoms with Crippen LogP contribution < -0.4 is 20.1 Å². The summed E-state index contributed by atoms with van der Waals surface area (Å²) in [5.41, 5.74) is 1.39. The van der Waals surface area contributed by atoms with Gasteiger partial charge in [-0.3, -0.25) is 14.4 Å². The van der Waals surface area contributed by atoms with E-state index in [2.05, 4.69) is 10.6 Å². The molecule has 3 aliphatic heterocycles. The van der Waals surface area contributed by atoms with Gasteiger partial charge in [0, 0.05) is 35.7 Å². The van der Waals surface area contributed by atoms with E-state index >= 15 is 0 Å². The van der Waals surface area contributed by atoms with Crippen molar-refractivity contribution in [3.63, 3.8) is 0 Å². The molecule has 8 nitrogen and oxygen atoms in total. The molecule has 5 rings (SSSR count). The minimum absolute atomic E-state index is 0.0790. The number of anilines is 2. The first-order valence-corrected chi connectivity index (χ1v) is 11.0. The largest absolute Gasteiger partial charge is 0.454 e. The van der Waals surface area contributed by atoms with Crippen molar-refractivity contribution in [3.8, 4) is 11.5 Å². The van der Waals surface area contributed by atoms with Crippen molar-refractivity contribution in [2.24, 2.45) is 5.92 Å². The van der Waals surface area contributed by atoms with E-state index in [1.807, 2.05) is 24.3 Å². The molecule has 31 heavy (non-hydrogen) atoms. The van der Waals surface area contributed by atoms with Crippen LogP contribution in [0.3, 0.4) is 0 Å². The number of thioether (sulfide) groups is 1. The Labute approximate surface area is 183 Å². The topological polar surface area (TPSA) is 97.0 Å². The molecule has 2 aromatic rings. The Morgan fingerprint density at radius 3 is 2.68 bits per heavy atom. The maximum atomic E-state index is 13.0. The molecule has 9 heteroatoms. The highest BCUT2D eigenvalue weighted by molar-refractivity contribution is 8.01. The summed E-state index contributed by atoms with van der Waals surface area (Å²) in [4.78, 5) is 40.7. The quantitative estimate of drug-likeness (QED) is 0.714. The lowest BCUT2D eigenvalue weighted by molar-refractivity contribution is -0.136. The molecule has 1 atom stereocenters. The van der Waals surface area contributed by atoms with E-state index in [0.717, 1.165) is 10.6 Å². The number of hydrogen-bond donors (Lipinski definition) is 2. The molecule has 0 aliphatic carbocycles. The maximum absolute atomic E-state index is 13.0. The van der Waals surface area contributed by atoms with E-state index in [4.69, 9.17) is 9.47 Å². The van der Waals surface area contributed by atoms with E-state index in [1.54, 1.807) is 23.1 Å². The fraction of sp³-hybridized carbons (Fsp3) is 0.318. The molecule has 2 aromatic carbocycles. The van der Waals surface area contributed by atoms with Crippen LogP contribution in [0.4, 0.5) is 11.4 Å². The maximum Gasteiger partial charge on any atom is 0.247 e. The Bertz CT molecular complexity index is 1050. The van der Waals surface area contributed by atoms with E-state index in [9.17, 15) is 14.4 Å². The van der Waals surface area contributed by atoms with E-state index in [1.165, 1.54) is 11.8 Å². The summed E-state index contributed by atoms with van der Waals surface area (Å²) < 4.78 is 10.6. The molecule has 1 unspecified atom stereocenters. The SMILES string of the molecule is O=C(Nc1ccc2c(c1)OCO2)C1CCN(C(=O)C2Sc3ccccc3NC2=O)CC1. The van der Waals surface area contributed by atoms with Crippen molar-refractivity contribution in [1.82, 2.24) is 4.90 Å². The zero-order chi connectivity index (χ0) is 21.4. The summed E-state index contributed by atoms with van der Waals surface area (Å²) in [6.45, 7) is 1.08. The number of carbonyl (C=O) groups is 3. The number of fused-ring (bicyclic) bond motifs is 2.